The van der Waals surface area contributed by atoms with Gasteiger partial charge in [-0.2, -0.15) is 0 Å². The second-order valence-corrected chi connectivity index (χ2v) is 5.73. The Kier molecular flexibility index (Phi) is 5.62. The number of amides is 2. The quantitative estimate of drug-likeness (QED) is 0.714. The highest BCUT2D eigenvalue weighted by Gasteiger charge is 2.08. The highest BCUT2D eigenvalue weighted by Crippen LogP contribution is 2.14. The fourth-order valence-electron chi connectivity index (χ4n) is 1.89. The Labute approximate surface area is 132 Å². The van der Waals surface area contributed by atoms with E-state index in [1.54, 1.807) is 35.6 Å². The van der Waals surface area contributed by atoms with E-state index in [4.69, 9.17) is 11.5 Å². The molecule has 0 saturated heterocycles. The monoisotopic (exact) mass is 318 g/mol. The van der Waals surface area contributed by atoms with Crippen LogP contribution in [0.2, 0.25) is 0 Å². The zero-order chi connectivity index (χ0) is 15.9. The third-order valence-electron chi connectivity index (χ3n) is 2.99. The molecule has 2 rings (SSSR count). The standard InChI is InChI=1S/C15H18N4O2S/c16-7-1-2-14-19-12(9-22-14)8-13(20)18-11-5-3-10(4-6-11)15(17)21/h3-6,9H,1-2,7-8,16H2,(H2,17,21)(H,18,20). The number of hydrogen-bond donors (Lipinski definition) is 3. The third-order valence-corrected chi connectivity index (χ3v) is 3.95. The van der Waals surface area contributed by atoms with Gasteiger partial charge in [0, 0.05) is 23.1 Å². The maximum atomic E-state index is 12.0. The predicted molar refractivity (Wildman–Crippen MR) is 86.8 cm³/mol. The predicted octanol–water partition coefficient (Wildman–Crippen LogP) is 1.31. The van der Waals surface area contributed by atoms with E-state index < -0.39 is 5.91 Å². The van der Waals surface area contributed by atoms with Crippen molar-refractivity contribution in [1.29, 1.82) is 0 Å². The molecule has 1 heterocycles. The third kappa shape index (κ3) is 4.64. The Balaban J connectivity index is 1.89. The number of benzene rings is 1. The number of aryl methyl sites for hydroxylation is 1. The number of thiazole rings is 1. The van der Waals surface area contributed by atoms with Crippen LogP contribution in [-0.4, -0.2) is 23.3 Å². The Hall–Kier alpha value is -2.25. The Morgan fingerprint density at radius 2 is 1.95 bits per heavy atom. The van der Waals surface area contributed by atoms with E-state index in [9.17, 15) is 9.59 Å². The summed E-state index contributed by atoms with van der Waals surface area (Å²) in [5.74, 6) is -0.646. The second-order valence-electron chi connectivity index (χ2n) is 4.79. The second kappa shape index (κ2) is 7.67. The molecule has 0 unspecified atom stereocenters. The number of aromatic nitrogens is 1. The molecule has 0 spiro atoms. The first-order chi connectivity index (χ1) is 10.6. The molecule has 2 amide bonds. The van der Waals surface area contributed by atoms with E-state index >= 15 is 0 Å². The largest absolute Gasteiger partial charge is 0.366 e. The van der Waals surface area contributed by atoms with Crippen LogP contribution in [0.5, 0.6) is 0 Å². The molecule has 0 atom stereocenters. The molecule has 0 radical (unpaired) electrons. The molecule has 22 heavy (non-hydrogen) atoms. The molecular weight excluding hydrogens is 300 g/mol. The van der Waals surface area contributed by atoms with Crippen molar-refractivity contribution in [1.82, 2.24) is 4.98 Å². The van der Waals surface area contributed by atoms with E-state index in [0.717, 1.165) is 23.5 Å². The van der Waals surface area contributed by atoms with Crippen molar-refractivity contribution in [3.8, 4) is 0 Å². The van der Waals surface area contributed by atoms with Gasteiger partial charge in [-0.3, -0.25) is 9.59 Å². The molecule has 5 N–H and O–H groups in total. The lowest BCUT2D eigenvalue weighted by atomic mass is 10.2. The summed E-state index contributed by atoms with van der Waals surface area (Å²) in [6, 6.07) is 6.44. The molecule has 116 valence electrons. The van der Waals surface area contributed by atoms with E-state index in [1.807, 2.05) is 5.38 Å². The Bertz CT molecular complexity index is 652. The number of hydrogen-bond acceptors (Lipinski definition) is 5. The smallest absolute Gasteiger partial charge is 0.248 e. The summed E-state index contributed by atoms with van der Waals surface area (Å²) in [6.07, 6.45) is 1.96. The molecule has 1 aromatic carbocycles. The van der Waals surface area contributed by atoms with Crippen LogP contribution in [-0.2, 0) is 17.6 Å². The molecule has 0 aliphatic heterocycles. The van der Waals surface area contributed by atoms with Crippen molar-refractivity contribution in [2.75, 3.05) is 11.9 Å². The van der Waals surface area contributed by atoms with Gasteiger partial charge in [0.25, 0.3) is 0 Å². The molecule has 2 aromatic rings. The van der Waals surface area contributed by atoms with Crippen LogP contribution in [0.25, 0.3) is 0 Å². The Morgan fingerprint density at radius 1 is 1.23 bits per heavy atom. The van der Waals surface area contributed by atoms with Crippen LogP contribution in [0.15, 0.2) is 29.6 Å². The summed E-state index contributed by atoms with van der Waals surface area (Å²) < 4.78 is 0. The first kappa shape index (κ1) is 16.1. The van der Waals surface area contributed by atoms with Gasteiger partial charge in [0.05, 0.1) is 17.1 Å². The number of primary amides is 1. The molecule has 7 heteroatoms. The van der Waals surface area contributed by atoms with Gasteiger partial charge in [0.1, 0.15) is 0 Å². The summed E-state index contributed by atoms with van der Waals surface area (Å²) in [5, 5.41) is 5.65. The van der Waals surface area contributed by atoms with Gasteiger partial charge in [-0.25, -0.2) is 4.98 Å². The van der Waals surface area contributed by atoms with Gasteiger partial charge < -0.3 is 16.8 Å². The molecular formula is C15H18N4O2S. The number of carbonyl (C=O) groups is 2. The van der Waals surface area contributed by atoms with Crippen LogP contribution in [0.1, 0.15) is 27.5 Å². The summed E-state index contributed by atoms with van der Waals surface area (Å²) in [5.41, 5.74) is 12.4. The summed E-state index contributed by atoms with van der Waals surface area (Å²) in [7, 11) is 0. The minimum Gasteiger partial charge on any atom is -0.366 e. The fraction of sp³-hybridized carbons (Fsp3) is 0.267. The van der Waals surface area contributed by atoms with Crippen LogP contribution >= 0.6 is 11.3 Å². The zero-order valence-corrected chi connectivity index (χ0v) is 12.9. The highest BCUT2D eigenvalue weighted by atomic mass is 32.1. The first-order valence-electron chi connectivity index (χ1n) is 6.91. The lowest BCUT2D eigenvalue weighted by Crippen LogP contribution is -2.15. The molecule has 0 fully saturated rings. The van der Waals surface area contributed by atoms with Crippen molar-refractivity contribution in [3.05, 3.63) is 45.9 Å². The van der Waals surface area contributed by atoms with Gasteiger partial charge in [0.15, 0.2) is 0 Å². The summed E-state index contributed by atoms with van der Waals surface area (Å²) >= 11 is 1.54. The molecule has 0 aliphatic rings. The average Bonchev–Trinajstić information content (AvgIpc) is 2.93. The zero-order valence-electron chi connectivity index (χ0n) is 12.0. The molecule has 0 saturated carbocycles. The van der Waals surface area contributed by atoms with Crippen molar-refractivity contribution in [2.45, 2.75) is 19.3 Å². The Morgan fingerprint density at radius 3 is 2.59 bits per heavy atom. The van der Waals surface area contributed by atoms with E-state index in [0.29, 0.717) is 17.8 Å². The van der Waals surface area contributed by atoms with Crippen LogP contribution in [0.4, 0.5) is 5.69 Å². The van der Waals surface area contributed by atoms with Gasteiger partial charge in [-0.1, -0.05) is 0 Å². The van der Waals surface area contributed by atoms with Gasteiger partial charge in [-0.05, 0) is 37.2 Å². The van der Waals surface area contributed by atoms with Crippen LogP contribution in [0.3, 0.4) is 0 Å². The van der Waals surface area contributed by atoms with Gasteiger partial charge in [-0.15, -0.1) is 11.3 Å². The number of nitrogens with one attached hydrogen (secondary N) is 1. The lowest BCUT2D eigenvalue weighted by Gasteiger charge is -2.04. The van der Waals surface area contributed by atoms with Crippen molar-refractivity contribution in [3.63, 3.8) is 0 Å². The fourth-order valence-corrected chi connectivity index (χ4v) is 2.73. The van der Waals surface area contributed by atoms with Gasteiger partial charge in [0.2, 0.25) is 11.8 Å². The first-order valence-corrected chi connectivity index (χ1v) is 7.79. The number of nitrogens with two attached hydrogens (primary N) is 2. The van der Waals surface area contributed by atoms with E-state index in [1.165, 1.54) is 0 Å². The van der Waals surface area contributed by atoms with Crippen molar-refractivity contribution in [2.24, 2.45) is 11.5 Å². The molecule has 6 nitrogen and oxygen atoms in total. The van der Waals surface area contributed by atoms with Crippen molar-refractivity contribution < 1.29 is 9.59 Å². The SMILES string of the molecule is NCCCc1nc(CC(=O)Nc2ccc(C(N)=O)cc2)cs1. The van der Waals surface area contributed by atoms with Gasteiger partial charge >= 0.3 is 0 Å². The maximum absolute atomic E-state index is 12.0. The highest BCUT2D eigenvalue weighted by molar-refractivity contribution is 7.09. The van der Waals surface area contributed by atoms with E-state index in [2.05, 4.69) is 10.3 Å². The van der Waals surface area contributed by atoms with Crippen molar-refractivity contribution >= 4 is 28.8 Å². The lowest BCUT2D eigenvalue weighted by molar-refractivity contribution is -0.115. The molecule has 1 aromatic heterocycles. The maximum Gasteiger partial charge on any atom is 0.248 e. The number of rotatable bonds is 7. The topological polar surface area (TPSA) is 111 Å². The molecule has 0 aliphatic carbocycles. The van der Waals surface area contributed by atoms with E-state index in [-0.39, 0.29) is 12.3 Å². The average molecular weight is 318 g/mol. The van der Waals surface area contributed by atoms with Crippen LogP contribution in [0, 0.1) is 0 Å². The number of nitrogens with zero attached hydrogens (tertiary/aromatic N) is 1. The number of anilines is 1. The minimum atomic E-state index is -0.495. The molecule has 0 bridgehead atoms. The minimum absolute atomic E-state index is 0.150. The summed E-state index contributed by atoms with van der Waals surface area (Å²) in [4.78, 5) is 27.3. The normalized spacial score (nSPS) is 10.4. The van der Waals surface area contributed by atoms with Crippen LogP contribution < -0.4 is 16.8 Å². The summed E-state index contributed by atoms with van der Waals surface area (Å²) in [6.45, 7) is 0.636. The number of carbonyl (C=O) groups excluding carboxylic acids is 2.